The third-order valence-corrected chi connectivity index (χ3v) is 6.37. The van der Waals surface area contributed by atoms with Gasteiger partial charge in [0.15, 0.2) is 0 Å². The van der Waals surface area contributed by atoms with Crippen LogP contribution in [0.25, 0.3) is 11.1 Å². The Hall–Kier alpha value is -4.10. The van der Waals surface area contributed by atoms with Crippen molar-refractivity contribution in [3.8, 4) is 16.9 Å². The van der Waals surface area contributed by atoms with E-state index in [0.29, 0.717) is 5.75 Å². The van der Waals surface area contributed by atoms with Crippen LogP contribution in [0.15, 0.2) is 127 Å². The zero-order valence-electron chi connectivity index (χ0n) is 19.2. The van der Waals surface area contributed by atoms with E-state index in [0.717, 1.165) is 30.4 Å². The first kappa shape index (κ1) is 21.7. The first-order chi connectivity index (χ1) is 16.8. The van der Waals surface area contributed by atoms with Crippen molar-refractivity contribution < 1.29 is 5.11 Å². The highest BCUT2D eigenvalue weighted by Gasteiger charge is 2.18. The van der Waals surface area contributed by atoms with Gasteiger partial charge in [-0.3, -0.25) is 0 Å². The summed E-state index contributed by atoms with van der Waals surface area (Å²) in [5, 5.41) is 10.9. The molecule has 1 heteroatoms. The van der Waals surface area contributed by atoms with E-state index in [1.807, 2.05) is 18.2 Å². The fourth-order valence-electron chi connectivity index (χ4n) is 4.71. The number of benzene rings is 5. The summed E-state index contributed by atoms with van der Waals surface area (Å²) in [6.45, 7) is 0. The zero-order chi connectivity index (χ0) is 23.2. The maximum absolute atomic E-state index is 10.9. The predicted molar refractivity (Wildman–Crippen MR) is 141 cm³/mol. The monoisotopic (exact) mass is 440 g/mol. The van der Waals surface area contributed by atoms with E-state index in [1.54, 1.807) is 6.07 Å². The number of para-hydroxylation sites is 1. The molecular formula is C33H28O. The SMILES string of the molecule is Oc1ccccc1-c1c(Cc2ccccc2)ccc(Cc2ccccc2)c1Cc1ccccc1. The lowest BCUT2D eigenvalue weighted by molar-refractivity contribution is 0.477. The Morgan fingerprint density at radius 3 is 1.41 bits per heavy atom. The molecule has 0 saturated heterocycles. The molecule has 5 rings (SSSR count). The number of phenolic OH excluding ortho intramolecular Hbond substituents is 1. The van der Waals surface area contributed by atoms with Crippen LogP contribution in [0.5, 0.6) is 5.75 Å². The van der Waals surface area contributed by atoms with Crippen LogP contribution in [0, 0.1) is 0 Å². The maximum Gasteiger partial charge on any atom is 0.123 e. The van der Waals surface area contributed by atoms with Gasteiger partial charge < -0.3 is 5.11 Å². The van der Waals surface area contributed by atoms with E-state index in [9.17, 15) is 5.11 Å². The van der Waals surface area contributed by atoms with Crippen molar-refractivity contribution >= 4 is 0 Å². The van der Waals surface area contributed by atoms with Gasteiger partial charge in [-0.15, -0.1) is 0 Å². The lowest BCUT2D eigenvalue weighted by Gasteiger charge is -2.21. The standard InChI is InChI=1S/C33H28O/c34-32-19-11-10-18-30(32)33-29(23-26-14-6-2-7-15-26)21-20-28(22-25-12-4-1-5-13-25)31(33)24-27-16-8-3-9-17-27/h1-21,34H,22-24H2. The molecule has 166 valence electrons. The Morgan fingerprint density at radius 2 is 0.853 bits per heavy atom. The van der Waals surface area contributed by atoms with Crippen LogP contribution >= 0.6 is 0 Å². The Morgan fingerprint density at radius 1 is 0.412 bits per heavy atom. The molecule has 0 spiro atoms. The highest BCUT2D eigenvalue weighted by molar-refractivity contribution is 5.78. The number of phenols is 1. The molecule has 0 unspecified atom stereocenters. The molecule has 5 aromatic rings. The minimum absolute atomic E-state index is 0.322. The Bertz CT molecular complexity index is 1360. The average Bonchev–Trinajstić information content (AvgIpc) is 2.88. The third kappa shape index (κ3) is 4.94. The molecule has 0 amide bonds. The zero-order valence-corrected chi connectivity index (χ0v) is 19.2. The van der Waals surface area contributed by atoms with Crippen LogP contribution in [-0.4, -0.2) is 5.11 Å². The number of hydrogen-bond donors (Lipinski definition) is 1. The number of aromatic hydroxyl groups is 1. The second kappa shape index (κ2) is 10.2. The molecule has 34 heavy (non-hydrogen) atoms. The van der Waals surface area contributed by atoms with Crippen molar-refractivity contribution in [2.75, 3.05) is 0 Å². The van der Waals surface area contributed by atoms with Gasteiger partial charge in [0.25, 0.3) is 0 Å². The Labute approximate surface area is 202 Å². The van der Waals surface area contributed by atoms with Crippen LogP contribution in [0.4, 0.5) is 0 Å². The van der Waals surface area contributed by atoms with Crippen LogP contribution < -0.4 is 0 Å². The van der Waals surface area contributed by atoms with Gasteiger partial charge in [0.2, 0.25) is 0 Å². The Balaban J connectivity index is 1.71. The third-order valence-electron chi connectivity index (χ3n) is 6.37. The first-order valence-electron chi connectivity index (χ1n) is 11.8. The van der Waals surface area contributed by atoms with Crippen molar-refractivity contribution in [2.45, 2.75) is 19.3 Å². The highest BCUT2D eigenvalue weighted by Crippen LogP contribution is 2.38. The van der Waals surface area contributed by atoms with Crippen molar-refractivity contribution in [1.82, 2.24) is 0 Å². The molecular weight excluding hydrogens is 412 g/mol. The van der Waals surface area contributed by atoms with Crippen molar-refractivity contribution in [1.29, 1.82) is 0 Å². The molecule has 0 aliphatic carbocycles. The van der Waals surface area contributed by atoms with Gasteiger partial charge in [-0.1, -0.05) is 121 Å². The van der Waals surface area contributed by atoms with E-state index in [-0.39, 0.29) is 0 Å². The van der Waals surface area contributed by atoms with Crippen LogP contribution in [0.1, 0.15) is 33.4 Å². The van der Waals surface area contributed by atoms with Crippen LogP contribution in [0.3, 0.4) is 0 Å². The molecule has 0 aliphatic heterocycles. The lowest BCUT2D eigenvalue weighted by atomic mass is 9.83. The molecule has 1 N–H and O–H groups in total. The molecule has 1 nitrogen and oxygen atoms in total. The van der Waals surface area contributed by atoms with Crippen LogP contribution in [-0.2, 0) is 19.3 Å². The number of hydrogen-bond acceptors (Lipinski definition) is 1. The number of rotatable bonds is 7. The van der Waals surface area contributed by atoms with E-state index in [1.165, 1.54) is 33.4 Å². The van der Waals surface area contributed by atoms with Gasteiger partial charge in [-0.25, -0.2) is 0 Å². The largest absolute Gasteiger partial charge is 0.507 e. The minimum Gasteiger partial charge on any atom is -0.507 e. The van der Waals surface area contributed by atoms with Gasteiger partial charge in [-0.05, 0) is 64.3 Å². The van der Waals surface area contributed by atoms with Gasteiger partial charge in [-0.2, -0.15) is 0 Å². The van der Waals surface area contributed by atoms with Crippen molar-refractivity contribution in [3.63, 3.8) is 0 Å². The molecule has 0 bridgehead atoms. The lowest BCUT2D eigenvalue weighted by Crippen LogP contribution is -2.05. The summed E-state index contributed by atoms with van der Waals surface area (Å²) in [5.74, 6) is 0.322. The summed E-state index contributed by atoms with van der Waals surface area (Å²) < 4.78 is 0. The van der Waals surface area contributed by atoms with Crippen molar-refractivity contribution in [2.24, 2.45) is 0 Å². The Kier molecular flexibility index (Phi) is 6.54. The topological polar surface area (TPSA) is 20.2 Å². The van der Waals surface area contributed by atoms with Crippen LogP contribution in [0.2, 0.25) is 0 Å². The van der Waals surface area contributed by atoms with Gasteiger partial charge in [0.1, 0.15) is 5.75 Å². The van der Waals surface area contributed by atoms with E-state index in [4.69, 9.17) is 0 Å². The highest BCUT2D eigenvalue weighted by atomic mass is 16.3. The molecule has 0 atom stereocenters. The fourth-order valence-corrected chi connectivity index (χ4v) is 4.71. The maximum atomic E-state index is 10.9. The molecule has 0 aliphatic rings. The average molecular weight is 441 g/mol. The molecule has 5 aromatic carbocycles. The van der Waals surface area contributed by atoms with Gasteiger partial charge >= 0.3 is 0 Å². The molecule has 0 fully saturated rings. The first-order valence-corrected chi connectivity index (χ1v) is 11.8. The van der Waals surface area contributed by atoms with Crippen molar-refractivity contribution in [3.05, 3.63) is 161 Å². The summed E-state index contributed by atoms with van der Waals surface area (Å²) >= 11 is 0. The summed E-state index contributed by atoms with van der Waals surface area (Å²) in [5.41, 5.74) is 9.68. The molecule has 0 radical (unpaired) electrons. The second-order valence-electron chi connectivity index (χ2n) is 8.74. The van der Waals surface area contributed by atoms with Gasteiger partial charge in [0, 0.05) is 5.56 Å². The predicted octanol–water partition coefficient (Wildman–Crippen LogP) is 7.83. The quantitative estimate of drug-likeness (QED) is 0.273. The summed E-state index contributed by atoms with van der Waals surface area (Å²) in [7, 11) is 0. The molecule has 0 saturated carbocycles. The summed E-state index contributed by atoms with van der Waals surface area (Å²) in [4.78, 5) is 0. The molecule has 0 aromatic heterocycles. The second-order valence-corrected chi connectivity index (χ2v) is 8.74. The van der Waals surface area contributed by atoms with E-state index >= 15 is 0 Å². The summed E-state index contributed by atoms with van der Waals surface area (Å²) in [6, 6.07) is 44.1. The van der Waals surface area contributed by atoms with E-state index < -0.39 is 0 Å². The van der Waals surface area contributed by atoms with E-state index in [2.05, 4.69) is 103 Å². The smallest absolute Gasteiger partial charge is 0.123 e. The summed E-state index contributed by atoms with van der Waals surface area (Å²) in [6.07, 6.45) is 2.49. The normalized spacial score (nSPS) is 10.8. The fraction of sp³-hybridized carbons (Fsp3) is 0.0909. The molecule has 0 heterocycles. The minimum atomic E-state index is 0.322. The van der Waals surface area contributed by atoms with Gasteiger partial charge in [0.05, 0.1) is 0 Å².